The Labute approximate surface area is 183 Å². The molecule has 4 fully saturated rings. The summed E-state index contributed by atoms with van der Waals surface area (Å²) in [5.74, 6) is 3.48. The summed E-state index contributed by atoms with van der Waals surface area (Å²) in [5.41, 5.74) is 1.75. The number of pyridine rings is 1. The van der Waals surface area contributed by atoms with Crippen molar-refractivity contribution in [1.29, 1.82) is 0 Å². The number of hydrogen-bond acceptors (Lipinski definition) is 4. The normalized spacial score (nSPS) is 29.3. The largest absolute Gasteiger partial charge is 0.369 e. The molecule has 0 spiro atoms. The van der Waals surface area contributed by atoms with Crippen LogP contribution in [-0.2, 0) is 4.79 Å². The van der Waals surface area contributed by atoms with Gasteiger partial charge >= 0.3 is 0 Å². The molecule has 5 nitrogen and oxygen atoms in total. The zero-order chi connectivity index (χ0) is 20.7. The Hall–Kier alpha value is -1.85. The number of anilines is 2. The maximum absolute atomic E-state index is 13.1. The van der Waals surface area contributed by atoms with E-state index in [1.54, 1.807) is 0 Å². The molecule has 4 saturated carbocycles. The van der Waals surface area contributed by atoms with Gasteiger partial charge in [-0.3, -0.25) is 4.79 Å². The summed E-state index contributed by atoms with van der Waals surface area (Å²) < 4.78 is 0. The molecule has 0 saturated heterocycles. The van der Waals surface area contributed by atoms with Crippen LogP contribution >= 0.6 is 11.6 Å². The summed E-state index contributed by atoms with van der Waals surface area (Å²) in [6.07, 6.45) is 8.52. The highest BCUT2D eigenvalue weighted by atomic mass is 35.5. The third-order valence-corrected chi connectivity index (χ3v) is 7.78. The molecule has 0 atom stereocenters. The van der Waals surface area contributed by atoms with Crippen molar-refractivity contribution >= 4 is 39.9 Å². The van der Waals surface area contributed by atoms with Crippen LogP contribution in [-0.4, -0.2) is 31.0 Å². The van der Waals surface area contributed by atoms with Gasteiger partial charge in [0.05, 0.1) is 16.2 Å². The summed E-state index contributed by atoms with van der Waals surface area (Å²) >= 11 is 6.50. The first kappa shape index (κ1) is 20.1. The van der Waals surface area contributed by atoms with Crippen LogP contribution in [0.4, 0.5) is 11.5 Å². The van der Waals surface area contributed by atoms with Gasteiger partial charge in [0.2, 0.25) is 5.91 Å². The molecule has 1 amide bonds. The topological polar surface area (TPSA) is 66.0 Å². The Balaban J connectivity index is 1.33. The SMILES string of the molecule is CNCCNc1ccc2c(NC(=O)CC34CC5CC(CC(C5)C3)C4)c(Cl)ccc2n1. The molecule has 4 bridgehead atoms. The molecule has 4 aliphatic carbocycles. The first-order valence-electron chi connectivity index (χ1n) is 11.3. The van der Waals surface area contributed by atoms with Crippen molar-refractivity contribution in [1.82, 2.24) is 10.3 Å². The van der Waals surface area contributed by atoms with Crippen LogP contribution in [0.15, 0.2) is 24.3 Å². The minimum absolute atomic E-state index is 0.0996. The van der Waals surface area contributed by atoms with Crippen molar-refractivity contribution in [3.05, 3.63) is 29.3 Å². The lowest BCUT2D eigenvalue weighted by atomic mass is 9.49. The predicted molar refractivity (Wildman–Crippen MR) is 123 cm³/mol. The number of likely N-dealkylation sites (N-methyl/N-ethyl adjacent to an activating group) is 1. The Bertz CT molecular complexity index is 924. The van der Waals surface area contributed by atoms with Gasteiger partial charge in [-0.05, 0) is 93.0 Å². The van der Waals surface area contributed by atoms with Gasteiger partial charge in [0.15, 0.2) is 0 Å². The smallest absolute Gasteiger partial charge is 0.224 e. The van der Waals surface area contributed by atoms with Crippen molar-refractivity contribution in [2.75, 3.05) is 30.8 Å². The van der Waals surface area contributed by atoms with Crippen LogP contribution in [0.5, 0.6) is 0 Å². The lowest BCUT2D eigenvalue weighted by Gasteiger charge is -2.56. The fourth-order valence-corrected chi connectivity index (χ4v) is 6.96. The van der Waals surface area contributed by atoms with E-state index >= 15 is 0 Å². The zero-order valence-electron chi connectivity index (χ0n) is 17.6. The number of nitrogens with zero attached hydrogens (tertiary/aromatic N) is 1. The molecule has 1 heterocycles. The Morgan fingerprint density at radius 2 is 1.77 bits per heavy atom. The van der Waals surface area contributed by atoms with Crippen molar-refractivity contribution < 1.29 is 4.79 Å². The fourth-order valence-electron chi connectivity index (χ4n) is 6.75. The van der Waals surface area contributed by atoms with Gasteiger partial charge in [-0.1, -0.05) is 11.6 Å². The van der Waals surface area contributed by atoms with Crippen molar-refractivity contribution in [2.24, 2.45) is 23.2 Å². The molecule has 30 heavy (non-hydrogen) atoms. The van der Waals surface area contributed by atoms with Crippen LogP contribution in [0.3, 0.4) is 0 Å². The van der Waals surface area contributed by atoms with E-state index in [0.717, 1.165) is 47.6 Å². The first-order valence-corrected chi connectivity index (χ1v) is 11.7. The first-order chi connectivity index (χ1) is 14.5. The molecule has 1 aromatic carbocycles. The molecule has 2 aromatic rings. The van der Waals surface area contributed by atoms with E-state index in [2.05, 4.69) is 20.9 Å². The average Bonchev–Trinajstić information content (AvgIpc) is 2.69. The number of rotatable bonds is 7. The summed E-state index contributed by atoms with van der Waals surface area (Å²) in [6.45, 7) is 1.67. The number of carbonyl (C=O) groups excluding carboxylic acids is 1. The highest BCUT2D eigenvalue weighted by Gasteiger charge is 2.51. The zero-order valence-corrected chi connectivity index (χ0v) is 18.4. The van der Waals surface area contributed by atoms with Gasteiger partial charge in [0.25, 0.3) is 0 Å². The van der Waals surface area contributed by atoms with Crippen molar-refractivity contribution in [3.8, 4) is 0 Å². The third kappa shape index (κ3) is 3.90. The Morgan fingerprint density at radius 1 is 1.07 bits per heavy atom. The number of hydrogen-bond donors (Lipinski definition) is 3. The number of amides is 1. The van der Waals surface area contributed by atoms with E-state index in [4.69, 9.17) is 11.6 Å². The van der Waals surface area contributed by atoms with Crippen molar-refractivity contribution in [3.63, 3.8) is 0 Å². The maximum Gasteiger partial charge on any atom is 0.224 e. The van der Waals surface area contributed by atoms with E-state index in [-0.39, 0.29) is 11.3 Å². The molecular weight excluding hydrogens is 396 g/mol. The van der Waals surface area contributed by atoms with E-state index in [0.29, 0.717) is 17.1 Å². The molecule has 6 rings (SSSR count). The summed E-state index contributed by atoms with van der Waals surface area (Å²) in [6, 6.07) is 7.68. The van der Waals surface area contributed by atoms with Crippen LogP contribution in [0.25, 0.3) is 10.9 Å². The van der Waals surface area contributed by atoms with Gasteiger partial charge in [-0.2, -0.15) is 0 Å². The minimum Gasteiger partial charge on any atom is -0.369 e. The average molecular weight is 427 g/mol. The lowest BCUT2D eigenvalue weighted by Crippen LogP contribution is -2.47. The standard InChI is InChI=1S/C24H31ClN4O/c1-26-6-7-27-21-5-2-18-20(28-21)4-3-19(25)23(18)29-22(30)14-24-11-15-8-16(12-24)10-17(9-15)13-24/h2-5,15-17,26H,6-14H2,1H3,(H,27,28)(H,29,30). The van der Waals surface area contributed by atoms with Gasteiger partial charge in [-0.25, -0.2) is 4.98 Å². The second kappa shape index (κ2) is 8.01. The number of fused-ring (bicyclic) bond motifs is 1. The molecule has 1 aromatic heterocycles. The van der Waals surface area contributed by atoms with Crippen LogP contribution in [0.2, 0.25) is 5.02 Å². The quantitative estimate of drug-likeness (QED) is 0.541. The molecular formula is C24H31ClN4O. The monoisotopic (exact) mass is 426 g/mol. The molecule has 3 N–H and O–H groups in total. The Kier molecular flexibility index (Phi) is 5.36. The number of aromatic nitrogens is 1. The van der Waals surface area contributed by atoms with Gasteiger partial charge in [0, 0.05) is 24.9 Å². The van der Waals surface area contributed by atoms with Crippen LogP contribution < -0.4 is 16.0 Å². The third-order valence-electron chi connectivity index (χ3n) is 7.47. The molecule has 0 radical (unpaired) electrons. The fraction of sp³-hybridized carbons (Fsp3) is 0.583. The lowest BCUT2D eigenvalue weighted by molar-refractivity contribution is -0.124. The molecule has 4 aliphatic rings. The maximum atomic E-state index is 13.1. The van der Waals surface area contributed by atoms with Crippen LogP contribution in [0, 0.1) is 23.2 Å². The molecule has 0 unspecified atom stereocenters. The number of carbonyl (C=O) groups is 1. The van der Waals surface area contributed by atoms with E-state index in [9.17, 15) is 4.79 Å². The molecule has 160 valence electrons. The molecule has 6 heteroatoms. The Morgan fingerprint density at radius 3 is 2.43 bits per heavy atom. The highest BCUT2D eigenvalue weighted by molar-refractivity contribution is 6.35. The van der Waals surface area contributed by atoms with Crippen molar-refractivity contribution in [2.45, 2.75) is 44.9 Å². The second-order valence-electron chi connectivity index (χ2n) is 9.86. The van der Waals surface area contributed by atoms with Gasteiger partial charge < -0.3 is 16.0 Å². The number of halogens is 1. The summed E-state index contributed by atoms with van der Waals surface area (Å²) in [4.78, 5) is 17.8. The number of nitrogens with one attached hydrogen (secondary N) is 3. The second-order valence-corrected chi connectivity index (χ2v) is 10.3. The summed E-state index contributed by atoms with van der Waals surface area (Å²) in [7, 11) is 1.93. The summed E-state index contributed by atoms with van der Waals surface area (Å²) in [5, 5.41) is 11.0. The highest BCUT2D eigenvalue weighted by Crippen LogP contribution is 2.61. The van der Waals surface area contributed by atoms with Gasteiger partial charge in [0.1, 0.15) is 5.82 Å². The molecule has 0 aliphatic heterocycles. The van der Waals surface area contributed by atoms with E-state index in [1.165, 1.54) is 38.5 Å². The van der Waals surface area contributed by atoms with Crippen LogP contribution in [0.1, 0.15) is 44.9 Å². The van der Waals surface area contributed by atoms with E-state index in [1.807, 2.05) is 31.3 Å². The predicted octanol–water partition coefficient (Wildman–Crippen LogP) is 5.06. The van der Waals surface area contributed by atoms with Gasteiger partial charge in [-0.15, -0.1) is 0 Å². The number of benzene rings is 1. The van der Waals surface area contributed by atoms with E-state index < -0.39 is 0 Å². The minimum atomic E-state index is 0.0996.